The van der Waals surface area contributed by atoms with Crippen molar-refractivity contribution >= 4 is 23.7 Å². The van der Waals surface area contributed by atoms with Crippen molar-refractivity contribution in [1.82, 2.24) is 0 Å². The Morgan fingerprint density at radius 3 is 2.44 bits per heavy atom. The molecule has 0 bridgehead atoms. The summed E-state index contributed by atoms with van der Waals surface area (Å²) < 4.78 is 5.54. The zero-order chi connectivity index (χ0) is 13.0. The van der Waals surface area contributed by atoms with Gasteiger partial charge in [-0.15, -0.1) is 0 Å². The molecule has 0 N–H and O–H groups in total. The zero-order valence-electron chi connectivity index (χ0n) is 9.30. The number of benzene rings is 2. The lowest BCUT2D eigenvalue weighted by Gasteiger charge is -2.07. The highest BCUT2D eigenvalue weighted by Gasteiger charge is 2.11. The third kappa shape index (κ3) is 2.76. The zero-order valence-corrected chi connectivity index (χ0v) is 10.1. The Morgan fingerprint density at radius 2 is 1.78 bits per heavy atom. The fourth-order valence-corrected chi connectivity index (χ4v) is 1.66. The average Bonchev–Trinajstić information content (AvgIpc) is 2.41. The fourth-order valence-electron chi connectivity index (χ4n) is 1.44. The van der Waals surface area contributed by atoms with E-state index in [2.05, 4.69) is 0 Å². The van der Waals surface area contributed by atoms with Crippen molar-refractivity contribution in [2.24, 2.45) is 0 Å². The monoisotopic (exact) mass is 260 g/mol. The molecule has 0 aliphatic heterocycles. The van der Waals surface area contributed by atoms with Crippen LogP contribution in [0.3, 0.4) is 0 Å². The molecule has 4 heteroatoms. The Balaban J connectivity index is 2.30. The van der Waals surface area contributed by atoms with E-state index in [1.165, 1.54) is 12.1 Å². The van der Waals surface area contributed by atoms with Gasteiger partial charge in [-0.3, -0.25) is 9.59 Å². The number of hydrogen-bond donors (Lipinski definition) is 0. The maximum absolute atomic E-state index is 11.3. The number of ether oxygens (including phenoxy) is 1. The van der Waals surface area contributed by atoms with Crippen LogP contribution in [-0.4, -0.2) is 12.1 Å². The number of para-hydroxylation sites is 1. The first-order valence-electron chi connectivity index (χ1n) is 5.22. The number of rotatable bonds is 4. The summed E-state index contributed by atoms with van der Waals surface area (Å²) >= 11 is 5.84. The Bertz CT molecular complexity index is 579. The fraction of sp³-hybridized carbons (Fsp3) is 0. The van der Waals surface area contributed by atoms with Gasteiger partial charge in [0.05, 0.1) is 5.02 Å². The van der Waals surface area contributed by atoms with Gasteiger partial charge >= 0.3 is 0 Å². The van der Waals surface area contributed by atoms with Crippen LogP contribution in [0.4, 0.5) is 0 Å². The van der Waals surface area contributed by atoms with Crippen molar-refractivity contribution in [3.05, 3.63) is 59.1 Å². The van der Waals surface area contributed by atoms with E-state index in [1.807, 2.05) is 18.2 Å². The largest absolute Gasteiger partial charge is 0.457 e. The number of ketones is 1. The van der Waals surface area contributed by atoms with E-state index in [1.54, 1.807) is 18.2 Å². The highest BCUT2D eigenvalue weighted by atomic mass is 35.5. The highest BCUT2D eigenvalue weighted by Crippen LogP contribution is 2.26. The van der Waals surface area contributed by atoms with E-state index in [0.29, 0.717) is 11.5 Å². The Morgan fingerprint density at radius 1 is 1.06 bits per heavy atom. The number of aldehydes is 1. The van der Waals surface area contributed by atoms with Crippen LogP contribution >= 0.6 is 11.6 Å². The van der Waals surface area contributed by atoms with Gasteiger partial charge in [0.25, 0.3) is 0 Å². The van der Waals surface area contributed by atoms with Gasteiger partial charge in [-0.2, -0.15) is 0 Å². The molecule has 0 aliphatic carbocycles. The molecule has 3 nitrogen and oxygen atoms in total. The highest BCUT2D eigenvalue weighted by molar-refractivity contribution is 6.41. The molecule has 0 aliphatic rings. The van der Waals surface area contributed by atoms with Crippen LogP contribution in [0, 0.1) is 0 Å². The SMILES string of the molecule is O=CC(=O)c1cc(Oc2ccccc2)ccc1Cl. The normalized spacial score (nSPS) is 9.83. The summed E-state index contributed by atoms with van der Waals surface area (Å²) in [5.41, 5.74) is 0.139. The van der Waals surface area contributed by atoms with Crippen LogP contribution < -0.4 is 4.74 Å². The lowest BCUT2D eigenvalue weighted by Crippen LogP contribution is -2.01. The van der Waals surface area contributed by atoms with E-state index >= 15 is 0 Å². The predicted molar refractivity (Wildman–Crippen MR) is 68.4 cm³/mol. The molecular formula is C14H9ClO3. The minimum absolute atomic E-state index is 0.139. The number of carbonyl (C=O) groups excluding carboxylic acids is 2. The van der Waals surface area contributed by atoms with Gasteiger partial charge in [-0.25, -0.2) is 0 Å². The lowest BCUT2D eigenvalue weighted by molar-refractivity contribution is -0.104. The number of carbonyl (C=O) groups is 2. The Labute approximate surface area is 109 Å². The number of Topliss-reactive ketones (excluding diaryl/α,β-unsaturated/α-hetero) is 1. The van der Waals surface area contributed by atoms with Gasteiger partial charge in [0.2, 0.25) is 5.78 Å². The first-order chi connectivity index (χ1) is 8.70. The van der Waals surface area contributed by atoms with E-state index in [4.69, 9.17) is 16.3 Å². The van der Waals surface area contributed by atoms with Crippen LogP contribution in [0.1, 0.15) is 10.4 Å². The molecular weight excluding hydrogens is 252 g/mol. The first-order valence-corrected chi connectivity index (χ1v) is 5.60. The van der Waals surface area contributed by atoms with Crippen molar-refractivity contribution in [1.29, 1.82) is 0 Å². The van der Waals surface area contributed by atoms with Crippen molar-refractivity contribution in [3.63, 3.8) is 0 Å². The molecule has 0 radical (unpaired) electrons. The summed E-state index contributed by atoms with van der Waals surface area (Å²) in [5.74, 6) is 0.429. The van der Waals surface area contributed by atoms with Gasteiger partial charge < -0.3 is 4.74 Å². The maximum Gasteiger partial charge on any atom is 0.226 e. The van der Waals surface area contributed by atoms with Gasteiger partial charge in [0.15, 0.2) is 6.29 Å². The second-order valence-electron chi connectivity index (χ2n) is 3.54. The molecule has 0 amide bonds. The van der Waals surface area contributed by atoms with Crippen molar-refractivity contribution < 1.29 is 14.3 Å². The first kappa shape index (κ1) is 12.3. The molecule has 0 unspecified atom stereocenters. The molecule has 0 aromatic heterocycles. The second kappa shape index (κ2) is 5.47. The number of halogens is 1. The standard InChI is InChI=1S/C14H9ClO3/c15-13-7-6-11(8-12(13)14(17)9-16)18-10-4-2-1-3-5-10/h1-9H. The third-order valence-corrected chi connectivity index (χ3v) is 2.62. The van der Waals surface area contributed by atoms with Crippen LogP contribution in [-0.2, 0) is 4.79 Å². The molecule has 0 saturated carbocycles. The lowest BCUT2D eigenvalue weighted by atomic mass is 10.1. The Kier molecular flexibility index (Phi) is 3.75. The third-order valence-electron chi connectivity index (χ3n) is 2.29. The van der Waals surface area contributed by atoms with E-state index in [-0.39, 0.29) is 16.9 Å². The smallest absolute Gasteiger partial charge is 0.226 e. The minimum atomic E-state index is -0.668. The van der Waals surface area contributed by atoms with Crippen molar-refractivity contribution in [2.45, 2.75) is 0 Å². The van der Waals surface area contributed by atoms with E-state index in [9.17, 15) is 9.59 Å². The van der Waals surface area contributed by atoms with Gasteiger partial charge in [-0.1, -0.05) is 29.8 Å². The molecule has 2 aromatic carbocycles. The summed E-state index contributed by atoms with van der Waals surface area (Å²) in [6.45, 7) is 0. The maximum atomic E-state index is 11.3. The summed E-state index contributed by atoms with van der Waals surface area (Å²) in [6.07, 6.45) is 0.230. The molecule has 0 heterocycles. The minimum Gasteiger partial charge on any atom is -0.457 e. The summed E-state index contributed by atoms with van der Waals surface area (Å²) in [7, 11) is 0. The van der Waals surface area contributed by atoms with E-state index < -0.39 is 5.78 Å². The van der Waals surface area contributed by atoms with Crippen molar-refractivity contribution in [3.8, 4) is 11.5 Å². The van der Waals surface area contributed by atoms with Gasteiger partial charge in [-0.05, 0) is 30.3 Å². The average molecular weight is 261 g/mol. The van der Waals surface area contributed by atoms with Crippen LogP contribution in [0.25, 0.3) is 0 Å². The molecule has 0 saturated heterocycles. The van der Waals surface area contributed by atoms with Crippen LogP contribution in [0.2, 0.25) is 5.02 Å². The summed E-state index contributed by atoms with van der Waals surface area (Å²) in [4.78, 5) is 21.8. The predicted octanol–water partition coefficient (Wildman–Crippen LogP) is 3.51. The molecule has 0 fully saturated rings. The van der Waals surface area contributed by atoms with E-state index in [0.717, 1.165) is 0 Å². The molecule has 0 spiro atoms. The summed E-state index contributed by atoms with van der Waals surface area (Å²) in [5, 5.41) is 0.229. The molecule has 18 heavy (non-hydrogen) atoms. The Hall–Kier alpha value is -2.13. The van der Waals surface area contributed by atoms with Crippen LogP contribution in [0.5, 0.6) is 11.5 Å². The molecule has 2 aromatic rings. The summed E-state index contributed by atoms with van der Waals surface area (Å²) in [6, 6.07) is 13.7. The van der Waals surface area contributed by atoms with Gasteiger partial charge in [0.1, 0.15) is 11.5 Å². The molecule has 2 rings (SSSR count). The van der Waals surface area contributed by atoms with Gasteiger partial charge in [0, 0.05) is 5.56 Å². The topological polar surface area (TPSA) is 43.4 Å². The molecule has 90 valence electrons. The van der Waals surface area contributed by atoms with Crippen LogP contribution in [0.15, 0.2) is 48.5 Å². The molecule has 0 atom stereocenters. The number of hydrogen-bond acceptors (Lipinski definition) is 3. The van der Waals surface area contributed by atoms with Crippen molar-refractivity contribution in [2.75, 3.05) is 0 Å². The second-order valence-corrected chi connectivity index (χ2v) is 3.95. The quantitative estimate of drug-likeness (QED) is 0.480.